The van der Waals surface area contributed by atoms with Gasteiger partial charge in [-0.3, -0.25) is 9.80 Å². The summed E-state index contributed by atoms with van der Waals surface area (Å²) in [5.41, 5.74) is 2.55. The van der Waals surface area contributed by atoms with Gasteiger partial charge in [-0.1, -0.05) is 30.3 Å². The van der Waals surface area contributed by atoms with Crippen molar-refractivity contribution in [2.45, 2.75) is 36.9 Å². The number of aliphatic hydroxyl groups excluding tert-OH is 1. The van der Waals surface area contributed by atoms with Crippen LogP contribution >= 0.6 is 0 Å². The summed E-state index contributed by atoms with van der Waals surface area (Å²) in [6, 6.07) is 10.9. The standard InChI is InChI=1S/C23H30N4O2/c28-14-21-22(20-4-2-1-3-5-20)23(27(21)13-19-10-24-17-25-11-19)15-26(16-23)12-18-6-8-29-9-7-18/h1-5,10-11,17-18,21-22,28H,6-9,12-16H2/t21-,22-/m1/s1. The van der Waals surface area contributed by atoms with Crippen LogP contribution in [0.15, 0.2) is 49.1 Å². The molecule has 6 heteroatoms. The van der Waals surface area contributed by atoms with Crippen molar-refractivity contribution < 1.29 is 9.84 Å². The maximum Gasteiger partial charge on any atom is 0.115 e. The lowest BCUT2D eigenvalue weighted by atomic mass is 9.60. The van der Waals surface area contributed by atoms with Crippen LogP contribution in [0.25, 0.3) is 0 Å². The Morgan fingerprint density at radius 3 is 2.48 bits per heavy atom. The fourth-order valence-corrected chi connectivity index (χ4v) is 5.77. The van der Waals surface area contributed by atoms with E-state index < -0.39 is 0 Å². The van der Waals surface area contributed by atoms with Gasteiger partial charge in [-0.15, -0.1) is 0 Å². The Labute approximate surface area is 172 Å². The first-order chi connectivity index (χ1) is 14.3. The van der Waals surface area contributed by atoms with Crippen molar-refractivity contribution in [1.29, 1.82) is 0 Å². The van der Waals surface area contributed by atoms with E-state index in [1.807, 2.05) is 12.4 Å². The lowest BCUT2D eigenvalue weighted by Gasteiger charge is -2.71. The van der Waals surface area contributed by atoms with E-state index in [-0.39, 0.29) is 18.2 Å². The summed E-state index contributed by atoms with van der Waals surface area (Å²) in [4.78, 5) is 13.5. The smallest absolute Gasteiger partial charge is 0.115 e. The molecule has 3 aliphatic rings. The van der Waals surface area contributed by atoms with E-state index in [1.54, 1.807) is 6.33 Å². The van der Waals surface area contributed by atoms with Gasteiger partial charge < -0.3 is 9.84 Å². The van der Waals surface area contributed by atoms with Gasteiger partial charge >= 0.3 is 0 Å². The molecule has 1 spiro atoms. The molecule has 3 saturated heterocycles. The summed E-state index contributed by atoms with van der Waals surface area (Å²) in [6.07, 6.45) is 7.71. The van der Waals surface area contributed by atoms with Gasteiger partial charge in [-0.25, -0.2) is 9.97 Å². The van der Waals surface area contributed by atoms with E-state index in [0.717, 1.165) is 44.3 Å². The van der Waals surface area contributed by atoms with Gasteiger partial charge in [0.1, 0.15) is 6.33 Å². The SMILES string of the molecule is OC[C@@H]1[C@@H](c2ccccc2)C2(CN(CC3CCOCC3)C2)N1Cc1cncnc1. The molecule has 1 aromatic heterocycles. The van der Waals surface area contributed by atoms with E-state index in [1.165, 1.54) is 24.9 Å². The zero-order valence-corrected chi connectivity index (χ0v) is 16.9. The van der Waals surface area contributed by atoms with Crippen LogP contribution in [0.5, 0.6) is 0 Å². The predicted octanol–water partition coefficient (Wildman–Crippen LogP) is 1.92. The van der Waals surface area contributed by atoms with Gasteiger partial charge in [0.2, 0.25) is 0 Å². The topological polar surface area (TPSA) is 61.7 Å². The Morgan fingerprint density at radius 1 is 1.07 bits per heavy atom. The van der Waals surface area contributed by atoms with Gasteiger partial charge in [-0.2, -0.15) is 0 Å². The third-order valence-corrected chi connectivity index (χ3v) is 7.10. The molecule has 2 atom stereocenters. The van der Waals surface area contributed by atoms with Gasteiger partial charge in [0.25, 0.3) is 0 Å². The van der Waals surface area contributed by atoms with Crippen LogP contribution in [0.3, 0.4) is 0 Å². The Balaban J connectivity index is 1.36. The maximum absolute atomic E-state index is 10.2. The lowest BCUT2D eigenvalue weighted by molar-refractivity contribution is -0.198. The number of benzene rings is 1. The highest BCUT2D eigenvalue weighted by molar-refractivity contribution is 5.36. The van der Waals surface area contributed by atoms with E-state index >= 15 is 0 Å². The molecule has 3 fully saturated rings. The molecular weight excluding hydrogens is 364 g/mol. The second-order valence-electron chi connectivity index (χ2n) is 8.84. The molecule has 0 unspecified atom stereocenters. The fourth-order valence-electron chi connectivity index (χ4n) is 5.77. The van der Waals surface area contributed by atoms with E-state index in [4.69, 9.17) is 4.74 Å². The number of rotatable bonds is 6. The van der Waals surface area contributed by atoms with Crippen LogP contribution in [0.1, 0.15) is 29.9 Å². The van der Waals surface area contributed by atoms with Crippen LogP contribution in [0.4, 0.5) is 0 Å². The minimum atomic E-state index is 0.0930. The lowest BCUT2D eigenvalue weighted by Crippen LogP contribution is -2.84. The van der Waals surface area contributed by atoms with Crippen LogP contribution in [0, 0.1) is 5.92 Å². The van der Waals surface area contributed by atoms with Gasteiger partial charge in [0, 0.05) is 69.3 Å². The maximum atomic E-state index is 10.2. The third-order valence-electron chi connectivity index (χ3n) is 7.10. The summed E-state index contributed by atoms with van der Waals surface area (Å²) in [5.74, 6) is 1.12. The molecule has 1 aromatic carbocycles. The molecule has 0 amide bonds. The van der Waals surface area contributed by atoms with Crippen molar-refractivity contribution in [3.8, 4) is 0 Å². The zero-order valence-electron chi connectivity index (χ0n) is 16.9. The van der Waals surface area contributed by atoms with Crippen LogP contribution in [0.2, 0.25) is 0 Å². The molecule has 29 heavy (non-hydrogen) atoms. The summed E-state index contributed by atoms with van der Waals surface area (Å²) in [6.45, 7) is 6.07. The first-order valence-corrected chi connectivity index (χ1v) is 10.8. The van der Waals surface area contributed by atoms with E-state index in [0.29, 0.717) is 5.92 Å². The van der Waals surface area contributed by atoms with Crippen molar-refractivity contribution >= 4 is 0 Å². The fraction of sp³-hybridized carbons (Fsp3) is 0.565. The Kier molecular flexibility index (Phi) is 5.35. The minimum Gasteiger partial charge on any atom is -0.395 e. The summed E-state index contributed by atoms with van der Waals surface area (Å²) < 4.78 is 5.53. The second kappa shape index (κ2) is 8.11. The van der Waals surface area contributed by atoms with Gasteiger partial charge in [0.15, 0.2) is 0 Å². The van der Waals surface area contributed by atoms with E-state index in [2.05, 4.69) is 50.1 Å². The molecule has 154 valence electrons. The summed E-state index contributed by atoms with van der Waals surface area (Å²) in [5, 5.41) is 10.2. The normalized spacial score (nSPS) is 27.5. The van der Waals surface area contributed by atoms with Crippen LogP contribution in [-0.4, -0.2) is 75.9 Å². The summed E-state index contributed by atoms with van der Waals surface area (Å²) >= 11 is 0. The number of hydrogen-bond acceptors (Lipinski definition) is 6. The molecule has 0 bridgehead atoms. The van der Waals surface area contributed by atoms with Crippen molar-refractivity contribution in [3.63, 3.8) is 0 Å². The quantitative estimate of drug-likeness (QED) is 0.808. The van der Waals surface area contributed by atoms with Crippen LogP contribution in [-0.2, 0) is 11.3 Å². The number of aromatic nitrogens is 2. The first-order valence-electron chi connectivity index (χ1n) is 10.8. The Bertz CT molecular complexity index is 791. The molecule has 2 aromatic rings. The third kappa shape index (κ3) is 3.48. The van der Waals surface area contributed by atoms with Crippen molar-refractivity contribution in [2.24, 2.45) is 5.92 Å². The van der Waals surface area contributed by atoms with Crippen LogP contribution < -0.4 is 0 Å². The molecule has 1 N–H and O–H groups in total. The molecule has 0 radical (unpaired) electrons. The molecule has 0 aliphatic carbocycles. The van der Waals surface area contributed by atoms with Gasteiger partial charge in [-0.05, 0) is 24.3 Å². The Hall–Kier alpha value is -1.86. The molecule has 6 nitrogen and oxygen atoms in total. The number of aliphatic hydroxyl groups is 1. The average molecular weight is 395 g/mol. The predicted molar refractivity (Wildman–Crippen MR) is 110 cm³/mol. The highest BCUT2D eigenvalue weighted by atomic mass is 16.5. The van der Waals surface area contributed by atoms with Crippen molar-refractivity contribution in [1.82, 2.24) is 19.8 Å². The first kappa shape index (κ1) is 19.1. The van der Waals surface area contributed by atoms with Gasteiger partial charge in [0.05, 0.1) is 12.1 Å². The second-order valence-corrected chi connectivity index (χ2v) is 8.84. The highest BCUT2D eigenvalue weighted by Gasteiger charge is 2.65. The molecule has 3 aliphatic heterocycles. The minimum absolute atomic E-state index is 0.0930. The molecular formula is C23H30N4O2. The average Bonchev–Trinajstić information content (AvgIpc) is 2.75. The number of nitrogens with zero attached hydrogens (tertiary/aromatic N) is 4. The van der Waals surface area contributed by atoms with Crippen molar-refractivity contribution in [2.75, 3.05) is 39.5 Å². The highest BCUT2D eigenvalue weighted by Crippen LogP contribution is 2.54. The monoisotopic (exact) mass is 394 g/mol. The Morgan fingerprint density at radius 2 is 1.79 bits per heavy atom. The molecule has 4 heterocycles. The molecule has 5 rings (SSSR count). The number of hydrogen-bond donors (Lipinski definition) is 1. The summed E-state index contributed by atoms with van der Waals surface area (Å²) in [7, 11) is 0. The van der Waals surface area contributed by atoms with Crippen molar-refractivity contribution in [3.05, 3.63) is 60.2 Å². The zero-order chi connectivity index (χ0) is 19.7. The number of likely N-dealkylation sites (tertiary alicyclic amines) is 2. The largest absolute Gasteiger partial charge is 0.395 e. The van der Waals surface area contributed by atoms with E-state index in [9.17, 15) is 5.11 Å². The number of ether oxygens (including phenoxy) is 1. The molecule has 0 saturated carbocycles.